The molecule has 0 aliphatic carbocycles. The fraction of sp³-hybridized carbons (Fsp3) is 0.355. The van der Waals surface area contributed by atoms with Crippen LogP contribution in [-0.4, -0.2) is 50.9 Å². The number of benzene rings is 2. The summed E-state index contributed by atoms with van der Waals surface area (Å²) in [5.41, 5.74) is 2.54. The molecule has 0 saturated carbocycles. The lowest BCUT2D eigenvalue weighted by molar-refractivity contribution is -0.142. The first-order valence-corrected chi connectivity index (χ1v) is 16.7. The van der Waals surface area contributed by atoms with E-state index in [2.05, 4.69) is 4.98 Å². The van der Waals surface area contributed by atoms with E-state index in [4.69, 9.17) is 9.47 Å². The Morgan fingerprint density at radius 1 is 1.10 bits per heavy atom. The smallest absolute Gasteiger partial charge is 0.310 e. The van der Waals surface area contributed by atoms with E-state index in [0.717, 1.165) is 10.2 Å². The zero-order valence-electron chi connectivity index (χ0n) is 24.3. The number of carbonyl (C=O) groups excluding carboxylic acids is 1. The van der Waals surface area contributed by atoms with E-state index in [-0.39, 0.29) is 49.0 Å². The number of halogens is 1. The van der Waals surface area contributed by atoms with Crippen LogP contribution in [-0.2, 0) is 49.8 Å². The van der Waals surface area contributed by atoms with E-state index in [1.165, 1.54) is 12.4 Å². The molecule has 2 heterocycles. The highest BCUT2D eigenvalue weighted by Crippen LogP contribution is 2.34. The third-order valence-corrected chi connectivity index (χ3v) is 9.63. The van der Waals surface area contributed by atoms with Crippen LogP contribution < -0.4 is 4.74 Å². The Labute approximate surface area is 248 Å². The normalized spacial score (nSPS) is 12.8. The topological polar surface area (TPSA) is 105 Å². The van der Waals surface area contributed by atoms with E-state index >= 15 is 4.39 Å². The number of aryl methyl sites for hydroxylation is 1. The van der Waals surface area contributed by atoms with Gasteiger partial charge in [0.25, 0.3) is 0 Å². The molecule has 11 heteroatoms. The number of rotatable bonds is 11. The summed E-state index contributed by atoms with van der Waals surface area (Å²) in [6.45, 7) is 7.65. The summed E-state index contributed by atoms with van der Waals surface area (Å²) in [4.78, 5) is 16.3. The maximum atomic E-state index is 15.9. The Hall–Kier alpha value is -3.57. The van der Waals surface area contributed by atoms with E-state index in [9.17, 15) is 17.4 Å². The summed E-state index contributed by atoms with van der Waals surface area (Å²) in [6, 6.07) is 13.7. The average molecular weight is 615 g/mol. The molecule has 0 aliphatic heterocycles. The highest BCUT2D eigenvalue weighted by molar-refractivity contribution is 7.89. The van der Waals surface area contributed by atoms with Crippen molar-refractivity contribution in [1.29, 1.82) is 0 Å². The number of aromatic nitrogens is 2. The maximum absolute atomic E-state index is 15.9. The Morgan fingerprint density at radius 3 is 2.52 bits per heavy atom. The molecule has 0 saturated heterocycles. The van der Waals surface area contributed by atoms with Gasteiger partial charge in [0.1, 0.15) is 12.4 Å². The predicted octanol–water partition coefficient (Wildman–Crippen LogP) is 5.42. The third-order valence-electron chi connectivity index (χ3n) is 6.66. The maximum Gasteiger partial charge on any atom is 0.310 e. The zero-order valence-corrected chi connectivity index (χ0v) is 26.0. The molecule has 0 fully saturated rings. The number of fused-ring (bicyclic) bond motifs is 1. The van der Waals surface area contributed by atoms with Gasteiger partial charge in [-0.2, -0.15) is 0 Å². The molecule has 0 amide bonds. The van der Waals surface area contributed by atoms with E-state index < -0.39 is 31.4 Å². The molecule has 0 N–H and O–H groups in total. The molecule has 224 valence electrons. The van der Waals surface area contributed by atoms with Gasteiger partial charge in [0, 0.05) is 56.6 Å². The minimum atomic E-state index is -3.66. The molecule has 2 aromatic heterocycles. The van der Waals surface area contributed by atoms with Crippen LogP contribution in [0.2, 0.25) is 0 Å². The summed E-state index contributed by atoms with van der Waals surface area (Å²) < 4.78 is 65.5. The second-order valence-corrected chi connectivity index (χ2v) is 15.0. The largest absolute Gasteiger partial charge is 0.489 e. The van der Waals surface area contributed by atoms with Crippen molar-refractivity contribution in [3.63, 3.8) is 0 Å². The zero-order chi connectivity index (χ0) is 30.7. The first kappa shape index (κ1) is 31.4. The van der Waals surface area contributed by atoms with Gasteiger partial charge >= 0.3 is 5.97 Å². The first-order chi connectivity index (χ1) is 19.8. The number of esters is 1. The van der Waals surface area contributed by atoms with Crippen molar-refractivity contribution in [3.8, 4) is 16.9 Å². The van der Waals surface area contributed by atoms with Crippen molar-refractivity contribution in [3.05, 3.63) is 83.6 Å². The number of pyridine rings is 1. The Balaban J connectivity index is 1.74. The highest BCUT2D eigenvalue weighted by atomic mass is 32.2. The lowest BCUT2D eigenvalue weighted by Crippen LogP contribution is -2.25. The molecule has 0 unspecified atom stereocenters. The molecular weight excluding hydrogens is 579 g/mol. The van der Waals surface area contributed by atoms with Crippen LogP contribution in [0.4, 0.5) is 4.39 Å². The van der Waals surface area contributed by atoms with Crippen LogP contribution in [0.3, 0.4) is 0 Å². The monoisotopic (exact) mass is 614 g/mol. The van der Waals surface area contributed by atoms with E-state index in [1.54, 1.807) is 55.5 Å². The van der Waals surface area contributed by atoms with Crippen molar-refractivity contribution in [2.45, 2.75) is 51.9 Å². The van der Waals surface area contributed by atoms with Crippen molar-refractivity contribution in [2.75, 3.05) is 18.6 Å². The quantitative estimate of drug-likeness (QED) is 0.208. The molecule has 1 atom stereocenters. The molecule has 0 radical (unpaired) electrons. The number of ether oxygens (including phenoxy) is 2. The van der Waals surface area contributed by atoms with Crippen LogP contribution in [0.25, 0.3) is 22.0 Å². The molecule has 4 rings (SSSR count). The minimum Gasteiger partial charge on any atom is -0.489 e. The third kappa shape index (κ3) is 7.25. The fourth-order valence-corrected chi connectivity index (χ4v) is 6.34. The Kier molecular flexibility index (Phi) is 9.52. The molecular formula is C31H35FN2O6S2. The summed E-state index contributed by atoms with van der Waals surface area (Å²) in [6.07, 6.45) is 4.27. The van der Waals surface area contributed by atoms with Crippen LogP contribution in [0.15, 0.2) is 60.9 Å². The van der Waals surface area contributed by atoms with E-state index in [1.807, 2.05) is 20.8 Å². The van der Waals surface area contributed by atoms with Gasteiger partial charge in [-0.3, -0.25) is 14.0 Å². The second-order valence-electron chi connectivity index (χ2n) is 10.9. The minimum absolute atomic E-state index is 0.0296. The molecule has 0 bridgehead atoms. The van der Waals surface area contributed by atoms with Crippen molar-refractivity contribution in [2.24, 2.45) is 0 Å². The summed E-state index contributed by atoms with van der Waals surface area (Å²) in [5, 5.41) is 0.543. The molecule has 0 spiro atoms. The van der Waals surface area contributed by atoms with Crippen molar-refractivity contribution in [1.82, 2.24) is 8.96 Å². The second kappa shape index (κ2) is 12.7. The molecule has 2 aromatic carbocycles. The fourth-order valence-electron chi connectivity index (χ4n) is 4.56. The molecule has 4 aromatic rings. The Morgan fingerprint density at radius 2 is 1.83 bits per heavy atom. The molecule has 42 heavy (non-hydrogen) atoms. The average Bonchev–Trinajstić information content (AvgIpc) is 3.36. The Bertz CT molecular complexity index is 1740. The van der Waals surface area contributed by atoms with Gasteiger partial charge in [-0.15, -0.1) is 0 Å². The van der Waals surface area contributed by atoms with Gasteiger partial charge < -0.3 is 9.47 Å². The lowest BCUT2D eigenvalue weighted by Gasteiger charge is -2.18. The van der Waals surface area contributed by atoms with E-state index in [0.29, 0.717) is 33.3 Å². The van der Waals surface area contributed by atoms with Gasteiger partial charge in [0.05, 0.1) is 30.5 Å². The summed E-state index contributed by atoms with van der Waals surface area (Å²) in [5.74, 6) is -0.182. The van der Waals surface area contributed by atoms with Crippen LogP contribution in [0, 0.1) is 5.82 Å². The predicted molar refractivity (Wildman–Crippen MR) is 163 cm³/mol. The number of carbonyl (C=O) groups is 1. The standard InChI is InChI=1S/C31H35FN2O6S2/c1-6-39-29(35)19-22-9-7-8-10-28(22)40-20-21-17-25(23-12-15-34(27(23)18-21)42(5,37)38)24-11-14-33-26(30(24)32)13-16-41(36)31(2,3)4/h7-12,14-15,17-18H,6,13,16,19-20H2,1-5H3/t41-/m1/s1. The highest BCUT2D eigenvalue weighted by Gasteiger charge is 2.22. The number of hydrogen-bond donors (Lipinski definition) is 0. The van der Waals surface area contributed by atoms with Gasteiger partial charge in [-0.05, 0) is 69.2 Å². The van der Waals surface area contributed by atoms with Crippen molar-refractivity contribution < 1.29 is 31.3 Å². The summed E-state index contributed by atoms with van der Waals surface area (Å²) >= 11 is 0. The molecule has 0 aliphatic rings. The first-order valence-electron chi connectivity index (χ1n) is 13.5. The van der Waals surface area contributed by atoms with Gasteiger partial charge in [-0.1, -0.05) is 18.2 Å². The molecule has 8 nitrogen and oxygen atoms in total. The number of nitrogens with zero attached hydrogens (tertiary/aromatic N) is 2. The number of para-hydroxylation sites is 1. The van der Waals surface area contributed by atoms with Gasteiger partial charge in [-0.25, -0.2) is 16.8 Å². The van der Waals surface area contributed by atoms with Crippen LogP contribution in [0.1, 0.15) is 44.5 Å². The van der Waals surface area contributed by atoms with Gasteiger partial charge in [0.2, 0.25) is 10.0 Å². The van der Waals surface area contributed by atoms with Gasteiger partial charge in [0.15, 0.2) is 5.82 Å². The van der Waals surface area contributed by atoms with Crippen molar-refractivity contribution >= 4 is 37.7 Å². The lowest BCUT2D eigenvalue weighted by atomic mass is 9.98. The van der Waals surface area contributed by atoms with Crippen LogP contribution >= 0.6 is 0 Å². The SMILES string of the molecule is CCOC(=O)Cc1ccccc1OCc1cc(-c2ccnc(CC[S@@](=O)C(C)(C)C)c2F)c2ccn(S(C)(=O)=O)c2c1. The summed E-state index contributed by atoms with van der Waals surface area (Å²) in [7, 11) is -4.84. The van der Waals surface area contributed by atoms with Crippen LogP contribution in [0.5, 0.6) is 5.75 Å². The number of hydrogen-bond acceptors (Lipinski definition) is 7.